The third kappa shape index (κ3) is 2.95. The second kappa shape index (κ2) is 5.17. The Morgan fingerprint density at radius 1 is 1.26 bits per heavy atom. The van der Waals surface area contributed by atoms with Crippen LogP contribution in [-0.4, -0.2) is 24.7 Å². The van der Waals surface area contributed by atoms with Gasteiger partial charge in [-0.3, -0.25) is 0 Å². The van der Waals surface area contributed by atoms with E-state index in [0.29, 0.717) is 24.4 Å². The Labute approximate surface area is 115 Å². The van der Waals surface area contributed by atoms with Crippen molar-refractivity contribution in [2.75, 3.05) is 19.7 Å². The molecule has 1 aromatic heterocycles. The predicted molar refractivity (Wildman–Crippen MR) is 65.3 cm³/mol. The SMILES string of the molecule is Cl.FC(F)(F)c1ccc(OCC2[C@H]3CNC[C@@H]23)nc1. The van der Waals surface area contributed by atoms with Crippen LogP contribution in [-0.2, 0) is 6.18 Å². The van der Waals surface area contributed by atoms with Gasteiger partial charge in [0.05, 0.1) is 12.2 Å². The summed E-state index contributed by atoms with van der Waals surface area (Å²) in [4.78, 5) is 3.68. The van der Waals surface area contributed by atoms with Crippen LogP contribution in [0.5, 0.6) is 5.88 Å². The third-order valence-corrected chi connectivity index (χ3v) is 3.76. The molecule has 1 aromatic rings. The molecule has 7 heteroatoms. The summed E-state index contributed by atoms with van der Waals surface area (Å²) >= 11 is 0. The molecule has 1 N–H and O–H groups in total. The van der Waals surface area contributed by atoms with Crippen LogP contribution in [0.2, 0.25) is 0 Å². The van der Waals surface area contributed by atoms with E-state index in [2.05, 4.69) is 10.3 Å². The lowest BCUT2D eigenvalue weighted by Gasteiger charge is -2.09. The minimum atomic E-state index is -4.34. The fraction of sp³-hybridized carbons (Fsp3) is 0.583. The summed E-state index contributed by atoms with van der Waals surface area (Å²) in [6, 6.07) is 2.27. The highest BCUT2D eigenvalue weighted by Gasteiger charge is 2.53. The molecule has 0 spiro atoms. The van der Waals surface area contributed by atoms with Gasteiger partial charge in [0.15, 0.2) is 0 Å². The molecule has 2 heterocycles. The minimum absolute atomic E-state index is 0. The number of rotatable bonds is 3. The first-order chi connectivity index (χ1) is 8.55. The number of aromatic nitrogens is 1. The molecule has 19 heavy (non-hydrogen) atoms. The molecule has 2 fully saturated rings. The molecule has 2 aliphatic rings. The van der Waals surface area contributed by atoms with Crippen LogP contribution in [0.4, 0.5) is 13.2 Å². The maximum absolute atomic E-state index is 12.3. The average molecular weight is 295 g/mol. The van der Waals surface area contributed by atoms with Crippen LogP contribution in [0.1, 0.15) is 5.56 Å². The van der Waals surface area contributed by atoms with Crippen LogP contribution in [0, 0.1) is 17.8 Å². The van der Waals surface area contributed by atoms with Gasteiger partial charge in [-0.2, -0.15) is 13.2 Å². The van der Waals surface area contributed by atoms with Gasteiger partial charge >= 0.3 is 6.18 Å². The molecule has 0 amide bonds. The van der Waals surface area contributed by atoms with E-state index >= 15 is 0 Å². The molecule has 3 atom stereocenters. The number of pyridine rings is 1. The number of nitrogens with one attached hydrogen (secondary N) is 1. The van der Waals surface area contributed by atoms with Gasteiger partial charge in [0.1, 0.15) is 0 Å². The number of halogens is 4. The van der Waals surface area contributed by atoms with E-state index in [1.165, 1.54) is 6.07 Å². The topological polar surface area (TPSA) is 34.1 Å². The van der Waals surface area contributed by atoms with Crippen molar-refractivity contribution in [2.24, 2.45) is 17.8 Å². The highest BCUT2D eigenvalue weighted by Crippen LogP contribution is 2.48. The van der Waals surface area contributed by atoms with Crippen molar-refractivity contribution in [3.63, 3.8) is 0 Å². The largest absolute Gasteiger partial charge is 0.477 e. The molecular formula is C12H14ClF3N2O. The normalized spacial score (nSPS) is 28.5. The lowest BCUT2D eigenvalue weighted by molar-refractivity contribution is -0.137. The number of hydrogen-bond donors (Lipinski definition) is 1. The smallest absolute Gasteiger partial charge is 0.417 e. The van der Waals surface area contributed by atoms with Crippen molar-refractivity contribution in [2.45, 2.75) is 6.18 Å². The van der Waals surface area contributed by atoms with Crippen molar-refractivity contribution < 1.29 is 17.9 Å². The molecular weight excluding hydrogens is 281 g/mol. The summed E-state index contributed by atoms with van der Waals surface area (Å²) in [7, 11) is 0. The quantitative estimate of drug-likeness (QED) is 0.929. The summed E-state index contributed by atoms with van der Waals surface area (Å²) in [5.41, 5.74) is -0.748. The Kier molecular flexibility index (Phi) is 3.92. The molecule has 1 saturated carbocycles. The Bertz CT molecular complexity index is 428. The molecule has 1 aliphatic heterocycles. The highest BCUT2D eigenvalue weighted by molar-refractivity contribution is 5.85. The number of alkyl halides is 3. The van der Waals surface area contributed by atoms with E-state index in [9.17, 15) is 13.2 Å². The Morgan fingerprint density at radius 3 is 2.47 bits per heavy atom. The first-order valence-corrected chi connectivity index (χ1v) is 5.92. The fourth-order valence-electron chi connectivity index (χ4n) is 2.61. The monoisotopic (exact) mass is 294 g/mol. The summed E-state index contributed by atoms with van der Waals surface area (Å²) in [6.45, 7) is 2.60. The van der Waals surface area contributed by atoms with Crippen LogP contribution in [0.3, 0.4) is 0 Å². The van der Waals surface area contributed by atoms with E-state index in [1.807, 2.05) is 0 Å². The van der Waals surface area contributed by atoms with Gasteiger partial charge in [0.25, 0.3) is 0 Å². The Morgan fingerprint density at radius 2 is 1.95 bits per heavy atom. The second-order valence-corrected chi connectivity index (χ2v) is 4.84. The average Bonchev–Trinajstić information content (AvgIpc) is 2.77. The molecule has 106 valence electrons. The first kappa shape index (κ1) is 14.4. The van der Waals surface area contributed by atoms with Crippen LogP contribution < -0.4 is 10.1 Å². The number of hydrogen-bond acceptors (Lipinski definition) is 3. The molecule has 0 radical (unpaired) electrons. The molecule has 0 aromatic carbocycles. The first-order valence-electron chi connectivity index (χ1n) is 5.92. The van der Waals surface area contributed by atoms with Gasteiger partial charge in [-0.25, -0.2) is 4.98 Å². The molecule has 3 rings (SSSR count). The lowest BCUT2D eigenvalue weighted by atomic mass is 10.3. The van der Waals surface area contributed by atoms with E-state index in [4.69, 9.17) is 4.74 Å². The standard InChI is InChI=1S/C12H13F3N2O.ClH/c13-12(14,15)7-1-2-11(17-3-7)18-6-10-8-4-16-5-9(8)10;/h1-3,8-10,16H,4-6H2;1H/t8-,9+,10?;. The van der Waals surface area contributed by atoms with Gasteiger partial charge in [0.2, 0.25) is 5.88 Å². The number of nitrogens with zero attached hydrogens (tertiary/aromatic N) is 1. The minimum Gasteiger partial charge on any atom is -0.477 e. The van der Waals surface area contributed by atoms with Gasteiger partial charge in [-0.05, 0) is 31.0 Å². The van der Waals surface area contributed by atoms with E-state index in [1.54, 1.807) is 0 Å². The van der Waals surface area contributed by atoms with Crippen molar-refractivity contribution >= 4 is 12.4 Å². The maximum atomic E-state index is 12.3. The van der Waals surface area contributed by atoms with Gasteiger partial charge in [-0.15, -0.1) is 12.4 Å². The fourth-order valence-corrected chi connectivity index (χ4v) is 2.61. The number of fused-ring (bicyclic) bond motifs is 1. The summed E-state index contributed by atoms with van der Waals surface area (Å²) < 4.78 is 42.4. The number of piperidine rings is 1. The van der Waals surface area contributed by atoms with Crippen molar-refractivity contribution in [1.82, 2.24) is 10.3 Å². The zero-order valence-corrected chi connectivity index (χ0v) is 10.8. The van der Waals surface area contributed by atoms with Gasteiger partial charge in [0, 0.05) is 18.2 Å². The molecule has 0 bridgehead atoms. The molecule has 1 unspecified atom stereocenters. The van der Waals surface area contributed by atoms with E-state index < -0.39 is 11.7 Å². The van der Waals surface area contributed by atoms with Crippen LogP contribution in [0.15, 0.2) is 18.3 Å². The molecule has 1 aliphatic carbocycles. The summed E-state index contributed by atoms with van der Waals surface area (Å²) in [5, 5.41) is 3.28. The number of ether oxygens (including phenoxy) is 1. The zero-order chi connectivity index (χ0) is 12.8. The van der Waals surface area contributed by atoms with E-state index in [0.717, 1.165) is 25.4 Å². The zero-order valence-electron chi connectivity index (χ0n) is 9.98. The van der Waals surface area contributed by atoms with Crippen LogP contribution in [0.25, 0.3) is 0 Å². The summed E-state index contributed by atoms with van der Waals surface area (Å²) in [6.07, 6.45) is -3.53. The summed E-state index contributed by atoms with van der Waals surface area (Å²) in [5.74, 6) is 2.16. The van der Waals surface area contributed by atoms with E-state index in [-0.39, 0.29) is 18.3 Å². The van der Waals surface area contributed by atoms with Crippen molar-refractivity contribution in [1.29, 1.82) is 0 Å². The lowest BCUT2D eigenvalue weighted by Crippen LogP contribution is -2.17. The highest BCUT2D eigenvalue weighted by atomic mass is 35.5. The van der Waals surface area contributed by atoms with Gasteiger partial charge in [-0.1, -0.05) is 0 Å². The Hall–Kier alpha value is -1.01. The third-order valence-electron chi connectivity index (χ3n) is 3.76. The van der Waals surface area contributed by atoms with Gasteiger partial charge < -0.3 is 10.1 Å². The van der Waals surface area contributed by atoms with Crippen molar-refractivity contribution in [3.05, 3.63) is 23.9 Å². The van der Waals surface area contributed by atoms with Crippen molar-refractivity contribution in [3.8, 4) is 5.88 Å². The molecule has 3 nitrogen and oxygen atoms in total. The molecule has 1 saturated heterocycles. The van der Waals surface area contributed by atoms with Crippen LogP contribution >= 0.6 is 12.4 Å². The Balaban J connectivity index is 0.00000133. The second-order valence-electron chi connectivity index (χ2n) is 4.84. The predicted octanol–water partition coefficient (Wildman–Crippen LogP) is 2.37. The maximum Gasteiger partial charge on any atom is 0.417 e.